The first kappa shape index (κ1) is 10.7. The molecule has 0 aromatic rings. The first-order chi connectivity index (χ1) is 5.16. The van der Waals surface area contributed by atoms with E-state index in [1.54, 1.807) is 0 Å². The van der Waals surface area contributed by atoms with Gasteiger partial charge in [-0.05, 0) is 6.42 Å². The van der Waals surface area contributed by atoms with Gasteiger partial charge in [-0.2, -0.15) is 0 Å². The molecule has 0 atom stereocenters. The lowest BCUT2D eigenvalue weighted by atomic mass is 10.5. The zero-order valence-electron chi connectivity index (χ0n) is 6.29. The van der Waals surface area contributed by atoms with Crippen molar-refractivity contribution in [3.63, 3.8) is 0 Å². The third-order valence-corrected chi connectivity index (χ3v) is 1.15. The van der Waals surface area contributed by atoms with Gasteiger partial charge in [-0.3, -0.25) is 4.79 Å². The van der Waals surface area contributed by atoms with E-state index in [1.165, 1.54) is 0 Å². The third-order valence-electron chi connectivity index (χ3n) is 0.851. The Morgan fingerprint density at radius 1 is 1.73 bits per heavy atom. The van der Waals surface area contributed by atoms with E-state index in [-0.39, 0.29) is 12.5 Å². The van der Waals surface area contributed by atoms with E-state index < -0.39 is 0 Å². The van der Waals surface area contributed by atoms with Gasteiger partial charge in [0, 0.05) is 0 Å². The second-order valence-corrected chi connectivity index (χ2v) is 3.04. The molecule has 0 bridgehead atoms. The van der Waals surface area contributed by atoms with Crippen molar-refractivity contribution in [2.24, 2.45) is 0 Å². The molecular formula is C6H11NO2S2. The van der Waals surface area contributed by atoms with Crippen LogP contribution >= 0.6 is 24.8 Å². The Labute approximate surface area is 76.9 Å². The number of carbonyl (C=O) groups excluding carboxylic acids is 1. The minimum absolute atomic E-state index is 0.0995. The highest BCUT2D eigenvalue weighted by Crippen LogP contribution is 1.82. The van der Waals surface area contributed by atoms with Crippen LogP contribution in [0.2, 0.25) is 0 Å². The first-order valence-electron chi connectivity index (χ1n) is 3.29. The topological polar surface area (TPSA) is 38.3 Å². The van der Waals surface area contributed by atoms with Gasteiger partial charge in [-0.25, -0.2) is 0 Å². The van der Waals surface area contributed by atoms with Gasteiger partial charge in [0.2, 0.25) is 0 Å². The van der Waals surface area contributed by atoms with Crippen LogP contribution < -0.4 is 5.32 Å². The van der Waals surface area contributed by atoms with Crippen LogP contribution in [0, 0.1) is 0 Å². The molecule has 64 valence electrons. The van der Waals surface area contributed by atoms with E-state index >= 15 is 0 Å². The van der Waals surface area contributed by atoms with Crippen molar-refractivity contribution < 1.29 is 9.53 Å². The summed E-state index contributed by atoms with van der Waals surface area (Å²) in [4.78, 5) is 10.7. The third kappa shape index (κ3) is 7.61. The number of ether oxygens (including phenoxy) is 1. The fourth-order valence-corrected chi connectivity index (χ4v) is 0.566. The predicted octanol–water partition coefficient (Wildman–Crippen LogP) is 0.744. The molecular weight excluding hydrogens is 182 g/mol. The van der Waals surface area contributed by atoms with Gasteiger partial charge in [0.1, 0.15) is 10.9 Å². The SMILES string of the molecule is CCCOC(=O)CNC(=S)S. The molecule has 0 unspecified atom stereocenters. The van der Waals surface area contributed by atoms with Crippen molar-refractivity contribution in [3.8, 4) is 0 Å². The molecule has 1 N–H and O–H groups in total. The van der Waals surface area contributed by atoms with Crippen LogP contribution in [0.3, 0.4) is 0 Å². The summed E-state index contributed by atoms with van der Waals surface area (Å²) in [5, 5.41) is 2.58. The lowest BCUT2D eigenvalue weighted by molar-refractivity contribution is -0.142. The average molecular weight is 193 g/mol. The Kier molecular flexibility index (Phi) is 6.25. The highest BCUT2D eigenvalue weighted by atomic mass is 32.1. The van der Waals surface area contributed by atoms with Crippen molar-refractivity contribution >= 4 is 35.1 Å². The molecule has 0 saturated heterocycles. The number of nitrogens with one attached hydrogen (secondary N) is 1. The fraction of sp³-hybridized carbons (Fsp3) is 0.667. The number of esters is 1. The quantitative estimate of drug-likeness (QED) is 0.392. The number of rotatable bonds is 4. The van der Waals surface area contributed by atoms with E-state index in [4.69, 9.17) is 4.74 Å². The smallest absolute Gasteiger partial charge is 0.325 e. The number of thiol groups is 1. The summed E-state index contributed by atoms with van der Waals surface area (Å²) in [7, 11) is 0. The Morgan fingerprint density at radius 2 is 2.36 bits per heavy atom. The average Bonchev–Trinajstić information content (AvgIpc) is 1.97. The van der Waals surface area contributed by atoms with Crippen LogP contribution in [-0.4, -0.2) is 23.4 Å². The Morgan fingerprint density at radius 3 is 2.82 bits per heavy atom. The molecule has 0 rings (SSSR count). The Hall–Kier alpha value is -0.290. The molecule has 0 fully saturated rings. The predicted molar refractivity (Wildman–Crippen MR) is 50.8 cm³/mol. The largest absolute Gasteiger partial charge is 0.464 e. The van der Waals surface area contributed by atoms with Crippen molar-refractivity contribution in [3.05, 3.63) is 0 Å². The van der Waals surface area contributed by atoms with E-state index in [1.807, 2.05) is 6.92 Å². The molecule has 5 heteroatoms. The van der Waals surface area contributed by atoms with Crippen molar-refractivity contribution in [2.45, 2.75) is 13.3 Å². The van der Waals surface area contributed by atoms with Gasteiger partial charge in [0.25, 0.3) is 0 Å². The summed E-state index contributed by atoms with van der Waals surface area (Å²) in [5.41, 5.74) is 0. The molecule has 0 spiro atoms. The van der Waals surface area contributed by atoms with Crippen LogP contribution in [0.25, 0.3) is 0 Å². The fourth-order valence-electron chi connectivity index (χ4n) is 0.415. The van der Waals surface area contributed by atoms with Crippen LogP contribution in [0.4, 0.5) is 0 Å². The van der Waals surface area contributed by atoms with Crippen molar-refractivity contribution in [1.29, 1.82) is 0 Å². The van der Waals surface area contributed by atoms with Crippen LogP contribution in [0.1, 0.15) is 13.3 Å². The van der Waals surface area contributed by atoms with Crippen LogP contribution in [0.5, 0.6) is 0 Å². The maximum absolute atomic E-state index is 10.7. The van der Waals surface area contributed by atoms with Crippen LogP contribution in [-0.2, 0) is 9.53 Å². The summed E-state index contributed by atoms with van der Waals surface area (Å²) < 4.78 is 5.05. The number of thiocarbonyl (C=S) groups is 1. The standard InChI is InChI=1S/C6H11NO2S2/c1-2-3-9-5(8)4-7-6(10)11/h2-4H2,1H3,(H2,7,10,11). The zero-order valence-corrected chi connectivity index (χ0v) is 8.00. The Bertz CT molecular complexity index is 150. The molecule has 0 aromatic heterocycles. The zero-order chi connectivity index (χ0) is 8.69. The minimum Gasteiger partial charge on any atom is -0.464 e. The molecule has 0 aliphatic heterocycles. The van der Waals surface area contributed by atoms with E-state index in [2.05, 4.69) is 30.2 Å². The Balaban J connectivity index is 3.30. The monoisotopic (exact) mass is 193 g/mol. The number of hydrogen-bond acceptors (Lipinski definition) is 3. The van der Waals surface area contributed by atoms with Gasteiger partial charge >= 0.3 is 5.97 Å². The van der Waals surface area contributed by atoms with Gasteiger partial charge in [0.05, 0.1) is 6.61 Å². The maximum Gasteiger partial charge on any atom is 0.325 e. The second kappa shape index (κ2) is 6.42. The number of hydrogen-bond donors (Lipinski definition) is 2. The highest BCUT2D eigenvalue weighted by Gasteiger charge is 2.00. The minimum atomic E-state index is -0.303. The van der Waals surface area contributed by atoms with E-state index in [0.29, 0.717) is 10.9 Å². The number of carbonyl (C=O) groups is 1. The summed E-state index contributed by atoms with van der Waals surface area (Å²) in [5.74, 6) is -0.303. The summed E-state index contributed by atoms with van der Waals surface area (Å²) >= 11 is 8.35. The molecule has 0 aliphatic carbocycles. The van der Waals surface area contributed by atoms with Gasteiger partial charge in [0.15, 0.2) is 0 Å². The highest BCUT2D eigenvalue weighted by molar-refractivity contribution is 8.11. The molecule has 0 saturated carbocycles. The summed E-state index contributed by atoms with van der Waals surface area (Å²) in [6.07, 6.45) is 0.830. The summed E-state index contributed by atoms with van der Waals surface area (Å²) in [6.45, 7) is 2.49. The molecule has 3 nitrogen and oxygen atoms in total. The van der Waals surface area contributed by atoms with Gasteiger partial charge in [-0.1, -0.05) is 19.1 Å². The van der Waals surface area contributed by atoms with Crippen LogP contribution in [0.15, 0.2) is 0 Å². The van der Waals surface area contributed by atoms with Gasteiger partial charge in [-0.15, -0.1) is 12.6 Å². The normalized spacial score (nSPS) is 8.91. The molecule has 0 aromatic carbocycles. The van der Waals surface area contributed by atoms with Crippen molar-refractivity contribution in [2.75, 3.05) is 13.2 Å². The van der Waals surface area contributed by atoms with Gasteiger partial charge < -0.3 is 10.1 Å². The lowest BCUT2D eigenvalue weighted by Crippen LogP contribution is -2.26. The maximum atomic E-state index is 10.7. The summed E-state index contributed by atoms with van der Waals surface area (Å²) in [6, 6.07) is 0. The van der Waals surface area contributed by atoms with Crippen molar-refractivity contribution in [1.82, 2.24) is 5.32 Å². The lowest BCUT2D eigenvalue weighted by Gasteiger charge is -2.03. The van der Waals surface area contributed by atoms with E-state index in [9.17, 15) is 4.79 Å². The second-order valence-electron chi connectivity index (χ2n) is 1.88. The first-order valence-corrected chi connectivity index (χ1v) is 4.14. The molecule has 11 heavy (non-hydrogen) atoms. The molecule has 0 aliphatic rings. The van der Waals surface area contributed by atoms with E-state index in [0.717, 1.165) is 6.42 Å². The molecule has 0 heterocycles. The molecule has 0 amide bonds. The molecule has 0 radical (unpaired) electrons.